The molecule has 6 nitrogen and oxygen atoms in total. The van der Waals surface area contributed by atoms with Crippen molar-refractivity contribution in [1.29, 1.82) is 0 Å². The van der Waals surface area contributed by atoms with Gasteiger partial charge >= 0.3 is 0 Å². The van der Waals surface area contributed by atoms with Gasteiger partial charge in [0, 0.05) is 25.6 Å². The number of sulfonamides is 1. The highest BCUT2D eigenvalue weighted by molar-refractivity contribution is 7.92. The Bertz CT molecular complexity index is 1230. The van der Waals surface area contributed by atoms with Crippen LogP contribution in [0.3, 0.4) is 0 Å². The minimum Gasteiger partial charge on any atom is -0.497 e. The minimum absolute atomic E-state index is 0.227. The van der Waals surface area contributed by atoms with Crippen molar-refractivity contribution in [1.82, 2.24) is 4.90 Å². The van der Waals surface area contributed by atoms with Gasteiger partial charge in [-0.25, -0.2) is 8.42 Å². The second-order valence-electron chi connectivity index (χ2n) is 9.44. The van der Waals surface area contributed by atoms with E-state index in [4.69, 9.17) is 4.74 Å². The van der Waals surface area contributed by atoms with Crippen molar-refractivity contribution >= 4 is 15.7 Å². The smallest absolute Gasteiger partial charge is 0.232 e. The van der Waals surface area contributed by atoms with E-state index in [0.29, 0.717) is 18.7 Å². The molecule has 2 atom stereocenters. The molecular formula is C29H36N2O4S. The number of nitrogens with zero attached hydrogens (tertiary/aromatic N) is 2. The van der Waals surface area contributed by atoms with Crippen LogP contribution in [-0.2, 0) is 15.6 Å². The highest BCUT2D eigenvalue weighted by Gasteiger charge is 2.40. The lowest BCUT2D eigenvalue weighted by molar-refractivity contribution is 0.0476. The molecule has 1 aliphatic rings. The van der Waals surface area contributed by atoms with E-state index >= 15 is 0 Å². The van der Waals surface area contributed by atoms with Gasteiger partial charge < -0.3 is 14.7 Å². The lowest BCUT2D eigenvalue weighted by Crippen LogP contribution is -2.35. The van der Waals surface area contributed by atoms with Crippen molar-refractivity contribution in [2.45, 2.75) is 31.3 Å². The van der Waals surface area contributed by atoms with Gasteiger partial charge in [0.05, 0.1) is 19.1 Å². The summed E-state index contributed by atoms with van der Waals surface area (Å²) in [6, 6.07) is 24.8. The van der Waals surface area contributed by atoms with E-state index in [1.807, 2.05) is 78.9 Å². The van der Waals surface area contributed by atoms with Gasteiger partial charge in [0.1, 0.15) is 11.4 Å². The first-order valence-corrected chi connectivity index (χ1v) is 14.3. The van der Waals surface area contributed by atoms with Gasteiger partial charge in [-0.05, 0) is 60.3 Å². The highest BCUT2D eigenvalue weighted by Crippen LogP contribution is 2.45. The molecule has 36 heavy (non-hydrogen) atoms. The van der Waals surface area contributed by atoms with E-state index in [1.165, 1.54) is 10.6 Å². The molecule has 3 aromatic carbocycles. The summed E-state index contributed by atoms with van der Waals surface area (Å²) in [5.41, 5.74) is 1.82. The Labute approximate surface area is 215 Å². The van der Waals surface area contributed by atoms with E-state index in [0.717, 1.165) is 48.5 Å². The maximum atomic E-state index is 12.6. The quantitative estimate of drug-likeness (QED) is 0.362. The number of anilines is 1. The zero-order chi connectivity index (χ0) is 25.8. The molecule has 1 fully saturated rings. The average Bonchev–Trinajstić information content (AvgIpc) is 3.72. The van der Waals surface area contributed by atoms with E-state index in [1.54, 1.807) is 7.11 Å². The zero-order valence-corrected chi connectivity index (χ0v) is 22.1. The van der Waals surface area contributed by atoms with Gasteiger partial charge in [-0.1, -0.05) is 61.5 Å². The Morgan fingerprint density at radius 1 is 0.972 bits per heavy atom. The molecule has 7 heteroatoms. The fourth-order valence-corrected chi connectivity index (χ4v) is 5.94. The normalized spacial score (nSPS) is 16.2. The van der Waals surface area contributed by atoms with E-state index in [9.17, 15) is 13.5 Å². The second-order valence-corrected chi connectivity index (χ2v) is 11.4. The van der Waals surface area contributed by atoms with Crippen LogP contribution in [0.15, 0.2) is 78.9 Å². The lowest BCUT2D eigenvalue weighted by atomic mass is 9.72. The maximum Gasteiger partial charge on any atom is 0.232 e. The van der Waals surface area contributed by atoms with E-state index in [-0.39, 0.29) is 5.92 Å². The molecule has 1 aliphatic heterocycles. The van der Waals surface area contributed by atoms with Gasteiger partial charge in [0.25, 0.3) is 0 Å². The summed E-state index contributed by atoms with van der Waals surface area (Å²) in [6.07, 6.45) is 2.72. The molecule has 0 saturated carbocycles. The van der Waals surface area contributed by atoms with Crippen LogP contribution in [-0.4, -0.2) is 58.0 Å². The Morgan fingerprint density at radius 2 is 1.58 bits per heavy atom. The molecule has 1 heterocycles. The zero-order valence-electron chi connectivity index (χ0n) is 21.3. The molecule has 0 aromatic heterocycles. The summed E-state index contributed by atoms with van der Waals surface area (Å²) in [6.45, 7) is 5.59. The lowest BCUT2D eigenvalue weighted by Gasteiger charge is -2.38. The summed E-state index contributed by atoms with van der Waals surface area (Å²) < 4.78 is 31.9. The van der Waals surface area contributed by atoms with Crippen LogP contribution >= 0.6 is 0 Å². The van der Waals surface area contributed by atoms with Crippen LogP contribution in [0.1, 0.15) is 42.4 Å². The number of methoxy groups -OCH3 is 1. The van der Waals surface area contributed by atoms with E-state index < -0.39 is 15.6 Å². The van der Waals surface area contributed by atoms with Gasteiger partial charge in [0.15, 0.2) is 0 Å². The number of rotatable bonds is 12. The molecule has 3 aromatic rings. The Kier molecular flexibility index (Phi) is 8.03. The SMILES string of the molecule is CCC(c1ccc(OC)cc1)C(O)(c1ccccc1)c1ccc(N(CCCN2CC2)S(C)(=O)=O)cc1. The summed E-state index contributed by atoms with van der Waals surface area (Å²) in [4.78, 5) is 2.29. The Morgan fingerprint density at radius 3 is 2.11 bits per heavy atom. The van der Waals surface area contributed by atoms with Crippen molar-refractivity contribution in [3.63, 3.8) is 0 Å². The first-order chi connectivity index (χ1) is 17.3. The van der Waals surface area contributed by atoms with Crippen LogP contribution in [0.4, 0.5) is 5.69 Å². The van der Waals surface area contributed by atoms with Gasteiger partial charge in [-0.3, -0.25) is 4.31 Å². The van der Waals surface area contributed by atoms with Crippen molar-refractivity contribution in [2.75, 3.05) is 43.8 Å². The number of ether oxygens (including phenoxy) is 1. The predicted molar refractivity (Wildman–Crippen MR) is 145 cm³/mol. The molecule has 0 bridgehead atoms. The number of benzene rings is 3. The van der Waals surface area contributed by atoms with Crippen LogP contribution in [0, 0.1) is 0 Å². The summed E-state index contributed by atoms with van der Waals surface area (Å²) in [7, 11) is -1.79. The third kappa shape index (κ3) is 5.75. The Hall–Kier alpha value is -2.87. The topological polar surface area (TPSA) is 69.8 Å². The summed E-state index contributed by atoms with van der Waals surface area (Å²) >= 11 is 0. The monoisotopic (exact) mass is 508 g/mol. The number of hydrogen-bond donors (Lipinski definition) is 1. The molecule has 0 amide bonds. The molecule has 1 N–H and O–H groups in total. The fourth-order valence-electron chi connectivity index (χ4n) is 4.97. The Balaban J connectivity index is 1.71. The van der Waals surface area contributed by atoms with Crippen LogP contribution in [0.5, 0.6) is 5.75 Å². The predicted octanol–water partition coefficient (Wildman–Crippen LogP) is 4.60. The van der Waals surface area contributed by atoms with Crippen molar-refractivity contribution in [3.05, 3.63) is 95.6 Å². The van der Waals surface area contributed by atoms with Crippen LogP contribution < -0.4 is 9.04 Å². The second kappa shape index (κ2) is 11.0. The molecule has 4 rings (SSSR count). The summed E-state index contributed by atoms with van der Waals surface area (Å²) in [5.74, 6) is 0.538. The number of hydrogen-bond acceptors (Lipinski definition) is 5. The third-order valence-corrected chi connectivity index (χ3v) is 8.21. The van der Waals surface area contributed by atoms with E-state index in [2.05, 4.69) is 11.8 Å². The van der Waals surface area contributed by atoms with Gasteiger partial charge in [-0.2, -0.15) is 0 Å². The number of aliphatic hydroxyl groups is 1. The first kappa shape index (κ1) is 26.2. The fraction of sp³-hybridized carbons (Fsp3) is 0.379. The van der Waals surface area contributed by atoms with Crippen molar-refractivity contribution in [2.24, 2.45) is 0 Å². The van der Waals surface area contributed by atoms with Crippen molar-refractivity contribution < 1.29 is 18.3 Å². The van der Waals surface area contributed by atoms with Crippen LogP contribution in [0.25, 0.3) is 0 Å². The molecule has 192 valence electrons. The summed E-state index contributed by atoms with van der Waals surface area (Å²) in [5, 5.41) is 12.4. The minimum atomic E-state index is -3.43. The average molecular weight is 509 g/mol. The standard InChI is InChI=1S/C29H36N2O4S/c1-4-28(23-11-17-27(35-2)18-12-23)29(32,24-9-6-5-7-10-24)25-13-15-26(16-14-25)31(36(3,33)34)20-8-19-30-21-22-30/h5-7,9-18,28,32H,4,8,19-22H2,1-3H3. The van der Waals surface area contributed by atoms with Gasteiger partial charge in [-0.15, -0.1) is 0 Å². The molecular weight excluding hydrogens is 472 g/mol. The maximum absolute atomic E-state index is 12.6. The third-order valence-electron chi connectivity index (χ3n) is 7.02. The van der Waals surface area contributed by atoms with Crippen LogP contribution in [0.2, 0.25) is 0 Å². The molecule has 0 aliphatic carbocycles. The largest absolute Gasteiger partial charge is 0.497 e. The first-order valence-electron chi connectivity index (χ1n) is 12.5. The van der Waals surface area contributed by atoms with Gasteiger partial charge in [0.2, 0.25) is 10.0 Å². The molecule has 2 unspecified atom stereocenters. The van der Waals surface area contributed by atoms with Crippen molar-refractivity contribution in [3.8, 4) is 5.75 Å². The molecule has 1 saturated heterocycles. The highest BCUT2D eigenvalue weighted by atomic mass is 32.2. The molecule has 0 spiro atoms. The molecule has 0 radical (unpaired) electrons.